The van der Waals surface area contributed by atoms with Crippen LogP contribution in [0.2, 0.25) is 0 Å². The molecule has 0 aromatic heterocycles. The summed E-state index contributed by atoms with van der Waals surface area (Å²) in [6.45, 7) is 0. The van der Waals surface area contributed by atoms with Crippen molar-refractivity contribution in [1.29, 1.82) is 5.26 Å². The maximum absolute atomic E-state index is 13.4. The minimum atomic E-state index is -0.488. The summed E-state index contributed by atoms with van der Waals surface area (Å²) in [7, 11) is 0. The summed E-state index contributed by atoms with van der Waals surface area (Å²) in [6, 6.07) is 15.7. The zero-order valence-electron chi connectivity index (χ0n) is 15.0. The molecule has 1 aliphatic heterocycles. The first-order chi connectivity index (χ1) is 13.5. The van der Waals surface area contributed by atoms with Crippen LogP contribution < -0.4 is 10.6 Å². The van der Waals surface area contributed by atoms with Crippen LogP contribution in [0.5, 0.6) is 0 Å². The predicted molar refractivity (Wildman–Crippen MR) is 108 cm³/mol. The molecule has 0 spiro atoms. The molecule has 0 amide bonds. The summed E-state index contributed by atoms with van der Waals surface area (Å²) < 4.78 is 14.3. The standard InChI is InChI=1S/C22H17BrFN3O/c23-14-6-4-13(5-7-14)20-17(12-25)22(26)27(16-10-8-15(24)9-11-16)18-2-1-3-19(28)21(18)20/h4-11,20H,1-3,26H2. The highest BCUT2D eigenvalue weighted by atomic mass is 79.9. The van der Waals surface area contributed by atoms with Crippen molar-refractivity contribution in [3.63, 3.8) is 0 Å². The quantitative estimate of drug-likeness (QED) is 0.725. The van der Waals surface area contributed by atoms with E-state index in [0.717, 1.165) is 22.2 Å². The van der Waals surface area contributed by atoms with E-state index < -0.39 is 5.92 Å². The topological polar surface area (TPSA) is 70.1 Å². The van der Waals surface area contributed by atoms with Gasteiger partial charge < -0.3 is 5.73 Å². The first-order valence-electron chi connectivity index (χ1n) is 8.98. The van der Waals surface area contributed by atoms with Crippen LogP contribution in [0.4, 0.5) is 10.1 Å². The summed E-state index contributed by atoms with van der Waals surface area (Å²) in [4.78, 5) is 14.7. The van der Waals surface area contributed by atoms with Crippen LogP contribution in [0.3, 0.4) is 0 Å². The lowest BCUT2D eigenvalue weighted by atomic mass is 9.75. The Morgan fingerprint density at radius 2 is 1.79 bits per heavy atom. The molecule has 0 radical (unpaired) electrons. The number of carbonyl (C=O) groups is 1. The van der Waals surface area contributed by atoms with Crippen LogP contribution in [-0.4, -0.2) is 5.78 Å². The summed E-state index contributed by atoms with van der Waals surface area (Å²) in [5, 5.41) is 9.92. The highest BCUT2D eigenvalue weighted by molar-refractivity contribution is 9.10. The highest BCUT2D eigenvalue weighted by Gasteiger charge is 2.40. The molecule has 2 aromatic carbocycles. The van der Waals surface area contributed by atoms with Gasteiger partial charge in [0.05, 0.1) is 17.6 Å². The van der Waals surface area contributed by atoms with Crippen LogP contribution in [0.25, 0.3) is 0 Å². The Morgan fingerprint density at radius 1 is 1.11 bits per heavy atom. The average molecular weight is 438 g/mol. The van der Waals surface area contributed by atoms with E-state index in [1.54, 1.807) is 17.0 Å². The van der Waals surface area contributed by atoms with Gasteiger partial charge in [-0.1, -0.05) is 28.1 Å². The van der Waals surface area contributed by atoms with Gasteiger partial charge in [0.25, 0.3) is 0 Å². The number of allylic oxidation sites excluding steroid dienone is 3. The lowest BCUT2D eigenvalue weighted by Crippen LogP contribution is -2.38. The molecule has 1 unspecified atom stereocenters. The van der Waals surface area contributed by atoms with Gasteiger partial charge in [0, 0.05) is 27.9 Å². The van der Waals surface area contributed by atoms with Gasteiger partial charge in [0.2, 0.25) is 0 Å². The van der Waals surface area contributed by atoms with Gasteiger partial charge in [-0.2, -0.15) is 5.26 Å². The van der Waals surface area contributed by atoms with Crippen molar-refractivity contribution in [2.45, 2.75) is 25.2 Å². The van der Waals surface area contributed by atoms with E-state index in [1.807, 2.05) is 24.3 Å². The second-order valence-corrected chi connectivity index (χ2v) is 7.76. The van der Waals surface area contributed by atoms with Crippen LogP contribution >= 0.6 is 15.9 Å². The minimum Gasteiger partial charge on any atom is -0.384 e. The molecule has 4 nitrogen and oxygen atoms in total. The maximum atomic E-state index is 13.4. The lowest BCUT2D eigenvalue weighted by Gasteiger charge is -2.39. The molecule has 28 heavy (non-hydrogen) atoms. The second-order valence-electron chi connectivity index (χ2n) is 6.84. The number of rotatable bonds is 2. The fourth-order valence-electron chi connectivity index (χ4n) is 3.96. The van der Waals surface area contributed by atoms with Gasteiger partial charge in [0.15, 0.2) is 5.78 Å². The molecular weight excluding hydrogens is 421 g/mol. The van der Waals surface area contributed by atoms with Crippen molar-refractivity contribution in [2.24, 2.45) is 5.73 Å². The van der Waals surface area contributed by atoms with Crippen LogP contribution in [0, 0.1) is 17.1 Å². The SMILES string of the molecule is N#CC1=C(N)N(c2ccc(F)cc2)C2=C(C(=O)CCC2)C1c1ccc(Br)cc1. The number of carbonyl (C=O) groups excluding carboxylic acids is 1. The van der Waals surface area contributed by atoms with Gasteiger partial charge in [-0.05, 0) is 54.8 Å². The third-order valence-corrected chi connectivity index (χ3v) is 5.73. The van der Waals surface area contributed by atoms with Gasteiger partial charge in [0.1, 0.15) is 11.6 Å². The second kappa shape index (κ2) is 7.25. The molecule has 1 heterocycles. The number of Topliss-reactive ketones (excluding diaryl/α,β-unsaturated/α-hetero) is 1. The van der Waals surface area contributed by atoms with Gasteiger partial charge in [-0.15, -0.1) is 0 Å². The molecule has 6 heteroatoms. The number of halogens is 2. The van der Waals surface area contributed by atoms with Crippen LogP contribution in [0.1, 0.15) is 30.7 Å². The molecular formula is C22H17BrFN3O. The summed E-state index contributed by atoms with van der Waals surface area (Å²) in [5.41, 5.74) is 9.69. The van der Waals surface area contributed by atoms with E-state index in [2.05, 4.69) is 22.0 Å². The number of hydrogen-bond donors (Lipinski definition) is 1. The van der Waals surface area contributed by atoms with E-state index in [1.165, 1.54) is 12.1 Å². The Hall–Kier alpha value is -2.91. The average Bonchev–Trinajstić information content (AvgIpc) is 2.69. The van der Waals surface area contributed by atoms with E-state index in [4.69, 9.17) is 5.73 Å². The molecule has 4 rings (SSSR count). The monoisotopic (exact) mass is 437 g/mol. The number of hydrogen-bond acceptors (Lipinski definition) is 4. The van der Waals surface area contributed by atoms with E-state index in [-0.39, 0.29) is 17.4 Å². The molecule has 2 aromatic rings. The number of nitrogens with two attached hydrogens (primary N) is 1. The van der Waals surface area contributed by atoms with Crippen molar-refractivity contribution in [3.8, 4) is 6.07 Å². The Morgan fingerprint density at radius 3 is 2.43 bits per heavy atom. The summed E-state index contributed by atoms with van der Waals surface area (Å²) >= 11 is 3.42. The third-order valence-electron chi connectivity index (χ3n) is 5.20. The molecule has 1 atom stereocenters. The largest absolute Gasteiger partial charge is 0.384 e. The minimum absolute atomic E-state index is 0.0292. The molecule has 0 saturated heterocycles. The van der Waals surface area contributed by atoms with Crippen molar-refractivity contribution < 1.29 is 9.18 Å². The molecule has 140 valence electrons. The Bertz CT molecular complexity index is 1050. The highest BCUT2D eigenvalue weighted by Crippen LogP contribution is 2.46. The predicted octanol–water partition coefficient (Wildman–Crippen LogP) is 4.89. The molecule has 0 bridgehead atoms. The van der Waals surface area contributed by atoms with E-state index in [0.29, 0.717) is 29.7 Å². The van der Waals surface area contributed by atoms with Crippen LogP contribution in [0.15, 0.2) is 75.7 Å². The van der Waals surface area contributed by atoms with E-state index >= 15 is 0 Å². The third kappa shape index (κ3) is 3.02. The Kier molecular flexibility index (Phi) is 4.78. The zero-order chi connectivity index (χ0) is 19.8. The molecule has 0 saturated carbocycles. The number of nitrogens with zero attached hydrogens (tertiary/aromatic N) is 2. The Balaban J connectivity index is 1.95. The molecule has 2 N–H and O–H groups in total. The van der Waals surface area contributed by atoms with Crippen molar-refractivity contribution >= 4 is 27.4 Å². The van der Waals surface area contributed by atoms with Gasteiger partial charge in [-0.3, -0.25) is 9.69 Å². The first-order valence-corrected chi connectivity index (χ1v) is 9.77. The number of nitriles is 1. The van der Waals surface area contributed by atoms with Crippen molar-refractivity contribution in [2.75, 3.05) is 4.90 Å². The van der Waals surface area contributed by atoms with E-state index in [9.17, 15) is 14.4 Å². The summed E-state index contributed by atoms with van der Waals surface area (Å²) in [6.07, 6.45) is 1.84. The van der Waals surface area contributed by atoms with Gasteiger partial charge >= 0.3 is 0 Å². The van der Waals surface area contributed by atoms with Crippen molar-refractivity contribution in [1.82, 2.24) is 0 Å². The Labute approximate surface area is 170 Å². The number of benzene rings is 2. The number of ketones is 1. The van der Waals surface area contributed by atoms with Gasteiger partial charge in [-0.25, -0.2) is 4.39 Å². The molecule has 2 aliphatic rings. The maximum Gasteiger partial charge on any atom is 0.161 e. The lowest BCUT2D eigenvalue weighted by molar-refractivity contribution is -0.116. The smallest absolute Gasteiger partial charge is 0.161 e. The fraction of sp³-hybridized carbons (Fsp3) is 0.182. The summed E-state index contributed by atoms with van der Waals surface area (Å²) in [5.74, 6) is -0.528. The zero-order valence-corrected chi connectivity index (χ0v) is 16.5. The molecule has 1 aliphatic carbocycles. The first kappa shape index (κ1) is 18.5. The van der Waals surface area contributed by atoms with Crippen LogP contribution in [-0.2, 0) is 4.79 Å². The number of anilines is 1. The molecule has 0 fully saturated rings. The normalized spacial score (nSPS) is 19.5. The van der Waals surface area contributed by atoms with Crippen molar-refractivity contribution in [3.05, 3.63) is 87.0 Å². The fourth-order valence-corrected chi connectivity index (χ4v) is 4.22.